The van der Waals surface area contributed by atoms with Crippen LogP contribution in [0.15, 0.2) is 23.1 Å². The van der Waals surface area contributed by atoms with E-state index in [0.717, 1.165) is 11.3 Å². The van der Waals surface area contributed by atoms with Crippen molar-refractivity contribution >= 4 is 17.2 Å². The molecule has 0 atom stereocenters. The first kappa shape index (κ1) is 8.37. The summed E-state index contributed by atoms with van der Waals surface area (Å²) < 4.78 is 5.12. The van der Waals surface area contributed by atoms with Crippen LogP contribution in [0.1, 0.15) is 5.76 Å². The van der Waals surface area contributed by atoms with Gasteiger partial charge in [0.25, 0.3) is 0 Å². The van der Waals surface area contributed by atoms with Gasteiger partial charge in [-0.15, -0.1) is 0 Å². The van der Waals surface area contributed by atoms with Crippen LogP contribution in [0.25, 0.3) is 5.57 Å². The lowest BCUT2D eigenvalue weighted by Gasteiger charge is -1.98. The molecule has 1 aromatic rings. The predicted octanol–water partition coefficient (Wildman–Crippen LogP) is 2.17. The molecule has 0 fully saturated rings. The Labute approximate surface area is 70.8 Å². The number of rotatable bonds is 3. The van der Waals surface area contributed by atoms with E-state index < -0.39 is 0 Å². The molecule has 0 unspecified atom stereocenters. The van der Waals surface area contributed by atoms with Gasteiger partial charge in [-0.3, -0.25) is 0 Å². The van der Waals surface area contributed by atoms with Gasteiger partial charge < -0.3 is 9.73 Å². The van der Waals surface area contributed by atoms with Gasteiger partial charge in [0.15, 0.2) is 5.22 Å². The van der Waals surface area contributed by atoms with Crippen LogP contribution in [0.4, 0.5) is 0 Å². The average Bonchev–Trinajstić information content (AvgIpc) is 2.36. The average molecular weight is 172 g/mol. The van der Waals surface area contributed by atoms with Crippen molar-refractivity contribution < 1.29 is 4.42 Å². The highest BCUT2D eigenvalue weighted by molar-refractivity contribution is 6.28. The van der Waals surface area contributed by atoms with Crippen molar-refractivity contribution in [2.24, 2.45) is 0 Å². The molecule has 0 aliphatic heterocycles. The van der Waals surface area contributed by atoms with Gasteiger partial charge in [0.1, 0.15) is 5.76 Å². The monoisotopic (exact) mass is 171 g/mol. The smallest absolute Gasteiger partial charge is 0.193 e. The second-order valence-electron chi connectivity index (χ2n) is 2.24. The summed E-state index contributed by atoms with van der Waals surface area (Å²) in [6, 6.07) is 3.51. The highest BCUT2D eigenvalue weighted by Crippen LogP contribution is 2.18. The molecule has 11 heavy (non-hydrogen) atoms. The SMILES string of the molecule is C=C(CNC)c1ccc(Cl)o1. The molecule has 0 radical (unpaired) electrons. The van der Waals surface area contributed by atoms with Crippen LogP contribution < -0.4 is 5.32 Å². The van der Waals surface area contributed by atoms with Gasteiger partial charge in [0.05, 0.1) is 0 Å². The number of halogens is 1. The van der Waals surface area contributed by atoms with E-state index in [2.05, 4.69) is 11.9 Å². The van der Waals surface area contributed by atoms with Crippen LogP contribution in [0, 0.1) is 0 Å². The third-order valence-corrected chi connectivity index (χ3v) is 1.51. The van der Waals surface area contributed by atoms with E-state index in [1.165, 1.54) is 0 Å². The Balaban J connectivity index is 2.69. The minimum absolute atomic E-state index is 0.400. The van der Waals surface area contributed by atoms with Crippen molar-refractivity contribution in [2.45, 2.75) is 0 Å². The van der Waals surface area contributed by atoms with E-state index >= 15 is 0 Å². The Morgan fingerprint density at radius 1 is 1.73 bits per heavy atom. The number of likely N-dealkylation sites (N-methyl/N-ethyl adjacent to an activating group) is 1. The summed E-state index contributed by atoms with van der Waals surface area (Å²) >= 11 is 5.58. The molecule has 0 saturated heterocycles. The van der Waals surface area contributed by atoms with E-state index in [1.807, 2.05) is 13.1 Å². The molecule has 0 spiro atoms. The Bertz CT molecular complexity index is 254. The number of furan rings is 1. The molecule has 0 aliphatic rings. The first-order valence-electron chi connectivity index (χ1n) is 3.32. The van der Waals surface area contributed by atoms with Gasteiger partial charge in [0.2, 0.25) is 0 Å². The largest absolute Gasteiger partial charge is 0.445 e. The van der Waals surface area contributed by atoms with E-state index in [4.69, 9.17) is 16.0 Å². The van der Waals surface area contributed by atoms with Gasteiger partial charge in [-0.1, -0.05) is 6.58 Å². The molecule has 1 rings (SSSR count). The molecule has 1 N–H and O–H groups in total. The summed E-state index contributed by atoms with van der Waals surface area (Å²) in [4.78, 5) is 0. The summed E-state index contributed by atoms with van der Waals surface area (Å²) in [5.41, 5.74) is 0.902. The lowest BCUT2D eigenvalue weighted by Crippen LogP contribution is -2.08. The minimum Gasteiger partial charge on any atom is -0.445 e. The van der Waals surface area contributed by atoms with Gasteiger partial charge in [0, 0.05) is 12.1 Å². The molecule has 2 nitrogen and oxygen atoms in total. The number of nitrogens with one attached hydrogen (secondary N) is 1. The quantitative estimate of drug-likeness (QED) is 0.754. The molecular formula is C8H10ClNO. The maximum atomic E-state index is 5.58. The van der Waals surface area contributed by atoms with Crippen molar-refractivity contribution in [1.29, 1.82) is 0 Å². The zero-order chi connectivity index (χ0) is 8.27. The molecule has 0 bridgehead atoms. The van der Waals surface area contributed by atoms with Crippen LogP contribution in [-0.2, 0) is 0 Å². The zero-order valence-corrected chi connectivity index (χ0v) is 7.11. The van der Waals surface area contributed by atoms with Crippen LogP contribution in [0.3, 0.4) is 0 Å². The maximum Gasteiger partial charge on any atom is 0.193 e. The third-order valence-electron chi connectivity index (χ3n) is 1.31. The molecular weight excluding hydrogens is 162 g/mol. The summed E-state index contributed by atoms with van der Waals surface area (Å²) in [6.45, 7) is 4.53. The molecule has 0 aromatic carbocycles. The molecule has 1 heterocycles. The predicted molar refractivity (Wildman–Crippen MR) is 46.7 cm³/mol. The Morgan fingerprint density at radius 2 is 2.45 bits per heavy atom. The fraction of sp³-hybridized carbons (Fsp3) is 0.250. The van der Waals surface area contributed by atoms with Crippen molar-refractivity contribution in [3.63, 3.8) is 0 Å². The standard InChI is InChI=1S/C8H10ClNO/c1-6(5-10-2)7-3-4-8(9)11-7/h3-4,10H,1,5H2,2H3. The normalized spacial score (nSPS) is 10.0. The Hall–Kier alpha value is -0.730. The van der Waals surface area contributed by atoms with Gasteiger partial charge >= 0.3 is 0 Å². The lowest BCUT2D eigenvalue weighted by atomic mass is 10.2. The van der Waals surface area contributed by atoms with E-state index in [9.17, 15) is 0 Å². The Kier molecular flexibility index (Phi) is 2.74. The number of hydrogen-bond acceptors (Lipinski definition) is 2. The van der Waals surface area contributed by atoms with Gasteiger partial charge in [-0.2, -0.15) is 0 Å². The van der Waals surface area contributed by atoms with Crippen molar-refractivity contribution in [3.05, 3.63) is 29.7 Å². The fourth-order valence-electron chi connectivity index (χ4n) is 0.805. The molecule has 60 valence electrons. The third kappa shape index (κ3) is 2.10. The molecule has 0 saturated carbocycles. The molecule has 3 heteroatoms. The summed E-state index contributed by atoms with van der Waals surface area (Å²) in [7, 11) is 1.86. The first-order valence-corrected chi connectivity index (χ1v) is 3.70. The Morgan fingerprint density at radius 3 is 2.91 bits per heavy atom. The second kappa shape index (κ2) is 3.60. The van der Waals surface area contributed by atoms with Crippen molar-refractivity contribution in [1.82, 2.24) is 5.32 Å². The fourth-order valence-corrected chi connectivity index (χ4v) is 0.951. The maximum absolute atomic E-state index is 5.58. The van der Waals surface area contributed by atoms with Gasteiger partial charge in [-0.05, 0) is 30.8 Å². The minimum atomic E-state index is 0.400. The lowest BCUT2D eigenvalue weighted by molar-refractivity contribution is 0.552. The topological polar surface area (TPSA) is 25.2 Å². The second-order valence-corrected chi connectivity index (χ2v) is 2.61. The molecule has 1 aromatic heterocycles. The highest BCUT2D eigenvalue weighted by Gasteiger charge is 2.02. The van der Waals surface area contributed by atoms with Crippen molar-refractivity contribution in [3.8, 4) is 0 Å². The highest BCUT2D eigenvalue weighted by atomic mass is 35.5. The zero-order valence-electron chi connectivity index (χ0n) is 6.36. The molecule has 0 aliphatic carbocycles. The summed E-state index contributed by atoms with van der Waals surface area (Å²) in [6.07, 6.45) is 0. The summed E-state index contributed by atoms with van der Waals surface area (Å²) in [5.74, 6) is 0.740. The van der Waals surface area contributed by atoms with E-state index in [1.54, 1.807) is 6.07 Å². The summed E-state index contributed by atoms with van der Waals surface area (Å²) in [5, 5.41) is 3.37. The van der Waals surface area contributed by atoms with Crippen LogP contribution in [-0.4, -0.2) is 13.6 Å². The van der Waals surface area contributed by atoms with Crippen LogP contribution in [0.2, 0.25) is 5.22 Å². The molecule has 0 amide bonds. The van der Waals surface area contributed by atoms with Crippen molar-refractivity contribution in [2.75, 3.05) is 13.6 Å². The first-order chi connectivity index (χ1) is 5.24. The van der Waals surface area contributed by atoms with E-state index in [-0.39, 0.29) is 0 Å². The van der Waals surface area contributed by atoms with Gasteiger partial charge in [-0.25, -0.2) is 0 Å². The van der Waals surface area contributed by atoms with Crippen LogP contribution in [0.5, 0.6) is 0 Å². The van der Waals surface area contributed by atoms with E-state index in [0.29, 0.717) is 11.8 Å². The number of hydrogen-bond donors (Lipinski definition) is 1. The van der Waals surface area contributed by atoms with Crippen LogP contribution >= 0.6 is 11.6 Å².